The van der Waals surface area contributed by atoms with E-state index >= 15 is 0 Å². The normalized spacial score (nSPS) is 11.8. The second kappa shape index (κ2) is 8.29. The van der Waals surface area contributed by atoms with Crippen LogP contribution in [0.15, 0.2) is 50.9 Å². The van der Waals surface area contributed by atoms with E-state index in [-0.39, 0.29) is 10.3 Å². The van der Waals surface area contributed by atoms with Gasteiger partial charge >= 0.3 is 5.69 Å². The number of hydrogen-bond donors (Lipinski definition) is 1. The summed E-state index contributed by atoms with van der Waals surface area (Å²) >= 11 is 6.04. The minimum atomic E-state index is -4.07. The third kappa shape index (κ3) is 4.27. The molecule has 0 saturated heterocycles. The predicted molar refractivity (Wildman–Crippen MR) is 119 cm³/mol. The van der Waals surface area contributed by atoms with Crippen LogP contribution in [0.1, 0.15) is 5.56 Å². The van der Waals surface area contributed by atoms with Crippen molar-refractivity contribution in [3.05, 3.63) is 67.8 Å². The molecule has 0 aliphatic rings. The third-order valence-corrected chi connectivity index (χ3v) is 7.17. The Morgan fingerprint density at radius 2 is 1.77 bits per heavy atom. The minimum absolute atomic E-state index is 0.0813. The smallest absolute Gasteiger partial charge is 0.325 e. The topological polar surface area (TPSA) is 110 Å². The number of nitrogens with one attached hydrogen (secondary N) is 1. The summed E-state index contributed by atoms with van der Waals surface area (Å²) in [5.74, 6) is -0.551. The SMILES string of the molecule is Cc1ccc(NC(=O)CN(C)S(=O)(=O)c2ccc3c(c2)c(=O)n(C)c(=O)n3C)cc1Cl. The molecule has 0 atom stereocenters. The average Bonchev–Trinajstić information content (AvgIpc) is 2.72. The van der Waals surface area contributed by atoms with Gasteiger partial charge < -0.3 is 5.32 Å². The summed E-state index contributed by atoms with van der Waals surface area (Å²) < 4.78 is 29.0. The Balaban J connectivity index is 1.89. The Labute approximate surface area is 183 Å². The maximum absolute atomic E-state index is 13.0. The molecule has 164 valence electrons. The van der Waals surface area contributed by atoms with Crippen LogP contribution in [-0.2, 0) is 28.9 Å². The van der Waals surface area contributed by atoms with Crippen molar-refractivity contribution in [3.8, 4) is 0 Å². The maximum atomic E-state index is 13.0. The van der Waals surface area contributed by atoms with Crippen LogP contribution in [-0.4, -0.2) is 41.4 Å². The van der Waals surface area contributed by atoms with E-state index in [1.807, 2.05) is 6.92 Å². The minimum Gasteiger partial charge on any atom is -0.325 e. The fourth-order valence-electron chi connectivity index (χ4n) is 3.07. The first-order valence-electron chi connectivity index (χ1n) is 9.15. The van der Waals surface area contributed by atoms with E-state index in [2.05, 4.69) is 5.32 Å². The molecule has 0 unspecified atom stereocenters. The molecule has 1 heterocycles. The Kier molecular flexibility index (Phi) is 6.08. The van der Waals surface area contributed by atoms with Crippen molar-refractivity contribution < 1.29 is 13.2 Å². The second-order valence-corrected chi connectivity index (χ2v) is 9.61. The van der Waals surface area contributed by atoms with Crippen molar-refractivity contribution in [1.82, 2.24) is 13.4 Å². The van der Waals surface area contributed by atoms with Crippen molar-refractivity contribution in [2.24, 2.45) is 14.1 Å². The number of nitrogens with zero attached hydrogens (tertiary/aromatic N) is 3. The van der Waals surface area contributed by atoms with Crippen molar-refractivity contribution >= 4 is 44.1 Å². The molecule has 0 aliphatic carbocycles. The van der Waals surface area contributed by atoms with Crippen molar-refractivity contribution in [1.29, 1.82) is 0 Å². The molecule has 0 aliphatic heterocycles. The molecule has 1 aromatic heterocycles. The predicted octanol–water partition coefficient (Wildman–Crippen LogP) is 1.46. The van der Waals surface area contributed by atoms with Gasteiger partial charge in [0.05, 0.1) is 22.3 Å². The van der Waals surface area contributed by atoms with E-state index in [0.717, 1.165) is 14.4 Å². The van der Waals surface area contributed by atoms with Gasteiger partial charge in [-0.15, -0.1) is 0 Å². The maximum Gasteiger partial charge on any atom is 0.330 e. The first kappa shape index (κ1) is 22.7. The number of likely N-dealkylation sites (N-methyl/N-ethyl adjacent to an activating group) is 1. The summed E-state index contributed by atoms with van der Waals surface area (Å²) in [6.45, 7) is 1.38. The van der Waals surface area contributed by atoms with Crippen LogP contribution in [0.4, 0.5) is 5.69 Å². The zero-order chi connectivity index (χ0) is 23.1. The highest BCUT2D eigenvalue weighted by Crippen LogP contribution is 2.21. The largest absolute Gasteiger partial charge is 0.330 e. The number of benzene rings is 2. The summed E-state index contributed by atoms with van der Waals surface area (Å²) in [5, 5.41) is 3.16. The van der Waals surface area contributed by atoms with E-state index in [4.69, 9.17) is 11.6 Å². The average molecular weight is 465 g/mol. The van der Waals surface area contributed by atoms with Crippen LogP contribution < -0.4 is 16.6 Å². The van der Waals surface area contributed by atoms with Gasteiger partial charge in [-0.25, -0.2) is 13.2 Å². The number of halogens is 1. The number of aryl methyl sites for hydroxylation is 2. The molecule has 3 rings (SSSR count). The molecule has 11 heteroatoms. The van der Waals surface area contributed by atoms with Crippen LogP contribution in [0, 0.1) is 6.92 Å². The number of sulfonamides is 1. The molecular formula is C20H21ClN4O5S. The van der Waals surface area contributed by atoms with E-state index in [1.165, 1.54) is 43.9 Å². The summed E-state index contributed by atoms with van der Waals surface area (Å²) in [4.78, 5) is 36.7. The second-order valence-electron chi connectivity index (χ2n) is 7.16. The number of aromatic nitrogens is 2. The van der Waals surface area contributed by atoms with Crippen molar-refractivity contribution in [3.63, 3.8) is 0 Å². The van der Waals surface area contributed by atoms with Crippen molar-refractivity contribution in [2.75, 3.05) is 18.9 Å². The van der Waals surface area contributed by atoms with Crippen molar-refractivity contribution in [2.45, 2.75) is 11.8 Å². The van der Waals surface area contributed by atoms with Gasteiger partial charge in [0.25, 0.3) is 5.56 Å². The summed E-state index contributed by atoms with van der Waals surface area (Å²) in [6, 6.07) is 8.88. The van der Waals surface area contributed by atoms with E-state index in [1.54, 1.807) is 18.2 Å². The number of fused-ring (bicyclic) bond motifs is 1. The third-order valence-electron chi connectivity index (χ3n) is 4.97. The van der Waals surface area contributed by atoms with Crippen LogP contribution in [0.5, 0.6) is 0 Å². The summed E-state index contributed by atoms with van der Waals surface area (Å²) in [7, 11) is 0.000274. The molecule has 1 amide bonds. The molecule has 9 nitrogen and oxygen atoms in total. The van der Waals surface area contributed by atoms with Gasteiger partial charge in [0.15, 0.2) is 0 Å². The molecular weight excluding hydrogens is 444 g/mol. The Bertz CT molecular complexity index is 1430. The fourth-order valence-corrected chi connectivity index (χ4v) is 4.41. The van der Waals surface area contributed by atoms with Crippen LogP contribution in [0.2, 0.25) is 5.02 Å². The molecule has 0 spiro atoms. The summed E-state index contributed by atoms with van der Waals surface area (Å²) in [6.07, 6.45) is 0. The Morgan fingerprint density at radius 3 is 2.42 bits per heavy atom. The molecule has 0 fully saturated rings. The monoisotopic (exact) mass is 464 g/mol. The number of amides is 1. The Morgan fingerprint density at radius 1 is 1.10 bits per heavy atom. The van der Waals surface area contributed by atoms with Gasteiger partial charge in [-0.2, -0.15) is 4.31 Å². The molecule has 0 saturated carbocycles. The number of rotatable bonds is 5. The standard InChI is InChI=1S/C20H21ClN4O5S/c1-12-5-6-13(9-16(12)21)22-18(26)11-23(2)31(29,30)14-7-8-17-15(10-14)19(27)25(4)20(28)24(17)3/h5-10H,11H2,1-4H3,(H,22,26). The lowest BCUT2D eigenvalue weighted by molar-refractivity contribution is -0.116. The zero-order valence-corrected chi connectivity index (χ0v) is 18.9. The van der Waals surface area contributed by atoms with E-state index in [9.17, 15) is 22.8 Å². The Hall–Kier alpha value is -2.95. The highest BCUT2D eigenvalue weighted by molar-refractivity contribution is 7.89. The number of carbonyl (C=O) groups excluding carboxylic acids is 1. The number of carbonyl (C=O) groups is 1. The first-order valence-corrected chi connectivity index (χ1v) is 11.0. The fraction of sp³-hybridized carbons (Fsp3) is 0.250. The van der Waals surface area contributed by atoms with Crippen LogP contribution >= 0.6 is 11.6 Å². The molecule has 0 radical (unpaired) electrons. The lowest BCUT2D eigenvalue weighted by atomic mass is 10.2. The van der Waals surface area contributed by atoms with Gasteiger partial charge in [-0.1, -0.05) is 17.7 Å². The molecule has 1 N–H and O–H groups in total. The highest BCUT2D eigenvalue weighted by atomic mass is 35.5. The lowest BCUT2D eigenvalue weighted by Crippen LogP contribution is -2.37. The van der Waals surface area contributed by atoms with Gasteiger partial charge in [0.1, 0.15) is 0 Å². The van der Waals surface area contributed by atoms with Gasteiger partial charge in [-0.3, -0.25) is 18.7 Å². The highest BCUT2D eigenvalue weighted by Gasteiger charge is 2.24. The quantitative estimate of drug-likeness (QED) is 0.614. The lowest BCUT2D eigenvalue weighted by Gasteiger charge is -2.18. The van der Waals surface area contributed by atoms with Gasteiger partial charge in [-0.05, 0) is 42.8 Å². The molecule has 2 aromatic carbocycles. The molecule has 0 bridgehead atoms. The summed E-state index contributed by atoms with van der Waals surface area (Å²) in [5.41, 5.74) is 0.481. The molecule has 31 heavy (non-hydrogen) atoms. The van der Waals surface area contributed by atoms with E-state index < -0.39 is 33.7 Å². The van der Waals surface area contributed by atoms with Gasteiger partial charge in [0, 0.05) is 31.9 Å². The van der Waals surface area contributed by atoms with Gasteiger partial charge in [0.2, 0.25) is 15.9 Å². The van der Waals surface area contributed by atoms with Crippen LogP contribution in [0.25, 0.3) is 10.9 Å². The first-order chi connectivity index (χ1) is 14.4. The number of hydrogen-bond acceptors (Lipinski definition) is 5. The zero-order valence-electron chi connectivity index (χ0n) is 17.3. The van der Waals surface area contributed by atoms with Crippen LogP contribution in [0.3, 0.4) is 0 Å². The van der Waals surface area contributed by atoms with E-state index in [0.29, 0.717) is 16.2 Å². The molecule has 3 aromatic rings. The number of anilines is 1.